The number of nitrogens with two attached hydrogens (primary N) is 1. The van der Waals surface area contributed by atoms with Crippen molar-refractivity contribution >= 4 is 10.0 Å². The van der Waals surface area contributed by atoms with Crippen molar-refractivity contribution in [2.75, 3.05) is 39.1 Å². The molecule has 2 N–H and O–H groups in total. The molecular weight excluding hydrogens is 240 g/mol. The summed E-state index contributed by atoms with van der Waals surface area (Å²) in [7, 11) is -1.62. The van der Waals surface area contributed by atoms with Crippen LogP contribution in [0.2, 0.25) is 0 Å². The number of sulfonamides is 1. The molecule has 0 aromatic rings. The van der Waals surface area contributed by atoms with Crippen molar-refractivity contribution in [2.45, 2.75) is 27.2 Å². The molecule has 0 aromatic carbocycles. The zero-order chi connectivity index (χ0) is 13.5. The standard InChI is InChI=1S/C11H26N2O3S/c1-5-13(10-11(2,3)9-12)17(14,15)8-6-7-16-4/h5-10,12H2,1-4H3. The third-order valence-electron chi connectivity index (χ3n) is 2.65. The largest absolute Gasteiger partial charge is 0.385 e. The van der Waals surface area contributed by atoms with Crippen LogP contribution in [-0.2, 0) is 14.8 Å². The summed E-state index contributed by atoms with van der Waals surface area (Å²) < 4.78 is 30.5. The lowest BCUT2D eigenvalue weighted by Crippen LogP contribution is -2.42. The molecule has 0 bridgehead atoms. The second-order valence-electron chi connectivity index (χ2n) is 4.96. The fourth-order valence-electron chi connectivity index (χ4n) is 1.46. The first-order chi connectivity index (χ1) is 7.79. The third-order valence-corrected chi connectivity index (χ3v) is 4.63. The molecule has 0 heterocycles. The van der Waals surface area contributed by atoms with Crippen LogP contribution < -0.4 is 5.73 Å². The summed E-state index contributed by atoms with van der Waals surface area (Å²) in [6.07, 6.45) is 0.526. The van der Waals surface area contributed by atoms with Crippen LogP contribution in [0.4, 0.5) is 0 Å². The molecule has 0 spiro atoms. The highest BCUT2D eigenvalue weighted by molar-refractivity contribution is 7.89. The highest BCUT2D eigenvalue weighted by atomic mass is 32.2. The van der Waals surface area contributed by atoms with Crippen LogP contribution in [0.5, 0.6) is 0 Å². The van der Waals surface area contributed by atoms with Crippen LogP contribution in [0.15, 0.2) is 0 Å². The van der Waals surface area contributed by atoms with Gasteiger partial charge in [-0.25, -0.2) is 12.7 Å². The number of nitrogens with zero attached hydrogens (tertiary/aromatic N) is 1. The zero-order valence-electron chi connectivity index (χ0n) is 11.4. The minimum absolute atomic E-state index is 0.134. The maximum Gasteiger partial charge on any atom is 0.214 e. The first-order valence-corrected chi connectivity index (χ1v) is 7.57. The van der Waals surface area contributed by atoms with E-state index in [4.69, 9.17) is 10.5 Å². The van der Waals surface area contributed by atoms with Crippen molar-refractivity contribution in [3.05, 3.63) is 0 Å². The second-order valence-corrected chi connectivity index (χ2v) is 7.05. The lowest BCUT2D eigenvalue weighted by Gasteiger charge is -2.30. The van der Waals surface area contributed by atoms with Crippen LogP contribution in [-0.4, -0.2) is 51.8 Å². The Labute approximate surface area is 105 Å². The van der Waals surface area contributed by atoms with Gasteiger partial charge in [0, 0.05) is 26.8 Å². The summed E-state index contributed by atoms with van der Waals surface area (Å²) in [5, 5.41) is 0. The zero-order valence-corrected chi connectivity index (χ0v) is 12.2. The Morgan fingerprint density at radius 3 is 2.35 bits per heavy atom. The highest BCUT2D eigenvalue weighted by Gasteiger charge is 2.27. The summed E-state index contributed by atoms with van der Waals surface area (Å²) in [4.78, 5) is 0. The van der Waals surface area contributed by atoms with Gasteiger partial charge in [0.05, 0.1) is 5.75 Å². The third kappa shape index (κ3) is 6.35. The second kappa shape index (κ2) is 7.31. The van der Waals surface area contributed by atoms with Gasteiger partial charge in [-0.3, -0.25) is 0 Å². The SMILES string of the molecule is CCN(CC(C)(C)CN)S(=O)(=O)CCCOC. The molecule has 0 saturated heterocycles. The van der Waals surface area contributed by atoms with E-state index < -0.39 is 10.0 Å². The molecular formula is C11H26N2O3S. The molecule has 0 radical (unpaired) electrons. The van der Waals surface area contributed by atoms with Gasteiger partial charge >= 0.3 is 0 Å². The van der Waals surface area contributed by atoms with Crippen molar-refractivity contribution in [3.8, 4) is 0 Å². The molecule has 17 heavy (non-hydrogen) atoms. The molecule has 0 rings (SSSR count). The summed E-state index contributed by atoms with van der Waals surface area (Å²) >= 11 is 0. The van der Waals surface area contributed by atoms with Gasteiger partial charge in [0.25, 0.3) is 0 Å². The van der Waals surface area contributed by atoms with E-state index in [-0.39, 0.29) is 11.2 Å². The Morgan fingerprint density at radius 2 is 1.94 bits per heavy atom. The van der Waals surface area contributed by atoms with Gasteiger partial charge in [-0.2, -0.15) is 0 Å². The van der Waals surface area contributed by atoms with E-state index in [2.05, 4.69) is 0 Å². The Balaban J connectivity index is 4.53. The number of ether oxygens (including phenoxy) is 1. The number of hydrogen-bond acceptors (Lipinski definition) is 4. The molecule has 0 aliphatic rings. The van der Waals surface area contributed by atoms with Crippen LogP contribution in [0.3, 0.4) is 0 Å². The molecule has 0 saturated carbocycles. The van der Waals surface area contributed by atoms with Crippen LogP contribution in [0.25, 0.3) is 0 Å². The van der Waals surface area contributed by atoms with Crippen LogP contribution in [0.1, 0.15) is 27.2 Å². The van der Waals surface area contributed by atoms with Gasteiger partial charge in [-0.1, -0.05) is 20.8 Å². The Morgan fingerprint density at radius 1 is 1.35 bits per heavy atom. The highest BCUT2D eigenvalue weighted by Crippen LogP contribution is 2.17. The minimum atomic E-state index is -3.19. The smallest absolute Gasteiger partial charge is 0.214 e. The summed E-state index contributed by atoms with van der Waals surface area (Å²) in [6.45, 7) is 7.68. The molecule has 0 aliphatic carbocycles. The van der Waals surface area contributed by atoms with E-state index in [0.29, 0.717) is 32.7 Å². The predicted molar refractivity (Wildman–Crippen MR) is 70.4 cm³/mol. The summed E-state index contributed by atoms with van der Waals surface area (Å²) in [5.41, 5.74) is 5.44. The van der Waals surface area contributed by atoms with Crippen molar-refractivity contribution in [1.82, 2.24) is 4.31 Å². The van der Waals surface area contributed by atoms with Crippen molar-refractivity contribution in [2.24, 2.45) is 11.1 Å². The van der Waals surface area contributed by atoms with Crippen LogP contribution >= 0.6 is 0 Å². The van der Waals surface area contributed by atoms with Gasteiger partial charge in [0.15, 0.2) is 0 Å². The number of methoxy groups -OCH3 is 1. The van der Waals surface area contributed by atoms with Crippen molar-refractivity contribution in [1.29, 1.82) is 0 Å². The molecule has 104 valence electrons. The average molecular weight is 266 g/mol. The first kappa shape index (κ1) is 16.8. The average Bonchev–Trinajstić information content (AvgIpc) is 2.26. The molecule has 0 atom stereocenters. The summed E-state index contributed by atoms with van der Waals surface area (Å²) in [6, 6.07) is 0. The van der Waals surface area contributed by atoms with Gasteiger partial charge in [-0.05, 0) is 18.4 Å². The molecule has 0 amide bonds. The van der Waals surface area contributed by atoms with Crippen molar-refractivity contribution < 1.29 is 13.2 Å². The fourth-order valence-corrected chi connectivity index (χ4v) is 3.14. The van der Waals surface area contributed by atoms with Crippen LogP contribution in [0, 0.1) is 5.41 Å². The number of rotatable bonds is 9. The molecule has 6 heteroatoms. The normalized spacial score (nSPS) is 13.3. The number of hydrogen-bond donors (Lipinski definition) is 1. The Bertz CT molecular complexity index is 302. The fraction of sp³-hybridized carbons (Fsp3) is 1.00. The van der Waals surface area contributed by atoms with E-state index >= 15 is 0 Å². The van der Waals surface area contributed by atoms with E-state index in [1.807, 2.05) is 20.8 Å². The molecule has 0 aliphatic heterocycles. The minimum Gasteiger partial charge on any atom is -0.385 e. The molecule has 0 aromatic heterocycles. The summed E-state index contributed by atoms with van der Waals surface area (Å²) in [5.74, 6) is 0.134. The maximum atomic E-state index is 12.1. The Hall–Kier alpha value is -0.170. The van der Waals surface area contributed by atoms with Gasteiger partial charge in [0.2, 0.25) is 10.0 Å². The van der Waals surface area contributed by atoms with E-state index in [1.54, 1.807) is 7.11 Å². The topological polar surface area (TPSA) is 72.6 Å². The predicted octanol–water partition coefficient (Wildman–Crippen LogP) is 0.660. The first-order valence-electron chi connectivity index (χ1n) is 5.96. The molecule has 5 nitrogen and oxygen atoms in total. The quantitative estimate of drug-likeness (QED) is 0.622. The molecule has 0 unspecified atom stereocenters. The Kier molecular flexibility index (Phi) is 7.23. The van der Waals surface area contributed by atoms with Crippen molar-refractivity contribution in [3.63, 3.8) is 0 Å². The van der Waals surface area contributed by atoms with Gasteiger partial charge < -0.3 is 10.5 Å². The lowest BCUT2D eigenvalue weighted by molar-refractivity contribution is 0.198. The van der Waals surface area contributed by atoms with E-state index in [0.717, 1.165) is 0 Å². The maximum absolute atomic E-state index is 12.1. The van der Waals surface area contributed by atoms with E-state index in [9.17, 15) is 8.42 Å². The molecule has 0 fully saturated rings. The monoisotopic (exact) mass is 266 g/mol. The van der Waals surface area contributed by atoms with Gasteiger partial charge in [0.1, 0.15) is 0 Å². The van der Waals surface area contributed by atoms with Gasteiger partial charge in [-0.15, -0.1) is 0 Å². The van der Waals surface area contributed by atoms with E-state index in [1.165, 1.54) is 4.31 Å². The lowest BCUT2D eigenvalue weighted by atomic mass is 9.94.